The van der Waals surface area contributed by atoms with E-state index in [0.717, 1.165) is 32.0 Å². The van der Waals surface area contributed by atoms with Crippen LogP contribution in [0.3, 0.4) is 0 Å². The fraction of sp³-hybridized carbons (Fsp3) is 0.474. The van der Waals surface area contributed by atoms with Gasteiger partial charge in [0.1, 0.15) is 11.3 Å². The number of likely N-dealkylation sites (N-methyl/N-ethyl adjacent to an activating group) is 1. The Kier molecular flexibility index (Phi) is 4.49. The molecule has 7 nitrogen and oxygen atoms in total. The lowest BCUT2D eigenvalue weighted by Gasteiger charge is -2.23. The average molecular weight is 392 g/mol. The van der Waals surface area contributed by atoms with Gasteiger partial charge in [-0.05, 0) is 25.8 Å². The van der Waals surface area contributed by atoms with Crippen molar-refractivity contribution in [3.63, 3.8) is 0 Å². The molecule has 1 aromatic heterocycles. The van der Waals surface area contributed by atoms with E-state index in [-0.39, 0.29) is 23.3 Å². The van der Waals surface area contributed by atoms with Gasteiger partial charge in [0, 0.05) is 31.4 Å². The third-order valence-corrected chi connectivity index (χ3v) is 5.53. The van der Waals surface area contributed by atoms with Crippen LogP contribution < -0.4 is 21.4 Å². The van der Waals surface area contributed by atoms with Gasteiger partial charge in [-0.15, -0.1) is 0 Å². The van der Waals surface area contributed by atoms with Gasteiger partial charge >= 0.3 is 5.97 Å². The Hall–Kier alpha value is -2.68. The Labute approximate surface area is 159 Å². The van der Waals surface area contributed by atoms with Gasteiger partial charge in [-0.1, -0.05) is 6.92 Å². The highest BCUT2D eigenvalue weighted by atomic mass is 19.1. The van der Waals surface area contributed by atoms with E-state index in [1.807, 2.05) is 6.92 Å². The van der Waals surface area contributed by atoms with Gasteiger partial charge in [-0.2, -0.15) is 0 Å². The molecule has 0 bridgehead atoms. The van der Waals surface area contributed by atoms with Crippen molar-refractivity contribution >= 4 is 28.2 Å². The number of nitrogens with one attached hydrogen (secondary N) is 1. The second-order valence-electron chi connectivity index (χ2n) is 7.42. The zero-order valence-corrected chi connectivity index (χ0v) is 15.5. The first kappa shape index (κ1) is 18.7. The summed E-state index contributed by atoms with van der Waals surface area (Å²) in [6.45, 7) is 3.60. The van der Waals surface area contributed by atoms with E-state index >= 15 is 8.78 Å². The largest absolute Gasteiger partial charge is 0.477 e. The molecule has 1 saturated heterocycles. The number of pyridine rings is 1. The summed E-state index contributed by atoms with van der Waals surface area (Å²) in [5, 5.41) is 12.2. The molecule has 4 N–H and O–H groups in total. The van der Waals surface area contributed by atoms with Gasteiger partial charge in [0.2, 0.25) is 5.43 Å². The SMILES string of the molecule is CCNC1CCN(c2c(F)c(N)c3c(=O)c(C(=O)O)cn(C4CC4)c3c2F)C1. The number of fused-ring (bicyclic) bond motifs is 1. The van der Waals surface area contributed by atoms with E-state index < -0.39 is 39.7 Å². The minimum Gasteiger partial charge on any atom is -0.477 e. The number of carboxylic acid groups (broad SMARTS) is 1. The first-order valence-electron chi connectivity index (χ1n) is 9.42. The summed E-state index contributed by atoms with van der Waals surface area (Å²) in [5.74, 6) is -3.32. The van der Waals surface area contributed by atoms with Crippen molar-refractivity contribution in [1.82, 2.24) is 9.88 Å². The molecule has 1 aliphatic heterocycles. The highest BCUT2D eigenvalue weighted by Crippen LogP contribution is 2.42. The summed E-state index contributed by atoms with van der Waals surface area (Å²) >= 11 is 0. The molecule has 1 aliphatic carbocycles. The Balaban J connectivity index is 1.97. The lowest BCUT2D eigenvalue weighted by molar-refractivity contribution is 0.0695. The third kappa shape index (κ3) is 2.81. The topological polar surface area (TPSA) is 101 Å². The van der Waals surface area contributed by atoms with Gasteiger partial charge < -0.3 is 25.6 Å². The number of nitrogens with zero attached hydrogens (tertiary/aromatic N) is 2. The van der Waals surface area contributed by atoms with E-state index in [0.29, 0.717) is 13.1 Å². The van der Waals surface area contributed by atoms with Crippen LogP contribution in [0.25, 0.3) is 10.9 Å². The number of aromatic carboxylic acids is 1. The minimum absolute atomic E-state index is 0.112. The molecule has 2 fully saturated rings. The van der Waals surface area contributed by atoms with E-state index in [2.05, 4.69) is 5.32 Å². The molecular weight excluding hydrogens is 370 g/mol. The zero-order valence-electron chi connectivity index (χ0n) is 15.5. The number of anilines is 2. The molecule has 1 saturated carbocycles. The van der Waals surface area contributed by atoms with Crippen molar-refractivity contribution in [2.75, 3.05) is 30.3 Å². The Morgan fingerprint density at radius 1 is 1.32 bits per heavy atom. The van der Waals surface area contributed by atoms with E-state index in [1.54, 1.807) is 4.90 Å². The monoisotopic (exact) mass is 392 g/mol. The van der Waals surface area contributed by atoms with E-state index in [9.17, 15) is 14.7 Å². The summed E-state index contributed by atoms with van der Waals surface area (Å²) in [6, 6.07) is -0.0118. The number of nitrogens with two attached hydrogens (primary N) is 1. The number of hydrogen-bond donors (Lipinski definition) is 3. The predicted octanol–water partition coefficient (Wildman–Crippen LogP) is 2.08. The summed E-state index contributed by atoms with van der Waals surface area (Å²) in [7, 11) is 0. The molecule has 150 valence electrons. The molecule has 1 aromatic carbocycles. The molecule has 2 aromatic rings. The van der Waals surface area contributed by atoms with Crippen LogP contribution in [0.15, 0.2) is 11.0 Å². The molecule has 0 radical (unpaired) electrons. The van der Waals surface area contributed by atoms with Crippen molar-refractivity contribution in [1.29, 1.82) is 0 Å². The first-order chi connectivity index (χ1) is 13.3. The first-order valence-corrected chi connectivity index (χ1v) is 9.42. The van der Waals surface area contributed by atoms with Crippen LogP contribution in [0.4, 0.5) is 20.2 Å². The quantitative estimate of drug-likeness (QED) is 0.674. The van der Waals surface area contributed by atoms with Crippen molar-refractivity contribution in [3.8, 4) is 0 Å². The molecule has 0 spiro atoms. The van der Waals surface area contributed by atoms with Crippen LogP contribution in [-0.2, 0) is 0 Å². The van der Waals surface area contributed by atoms with Crippen LogP contribution in [0.2, 0.25) is 0 Å². The van der Waals surface area contributed by atoms with Crippen molar-refractivity contribution in [2.24, 2.45) is 0 Å². The molecule has 0 amide bonds. The predicted molar refractivity (Wildman–Crippen MR) is 102 cm³/mol. The number of benzene rings is 1. The minimum atomic E-state index is -1.45. The van der Waals surface area contributed by atoms with Gasteiger partial charge in [0.05, 0.1) is 16.6 Å². The lowest BCUT2D eigenvalue weighted by Crippen LogP contribution is -2.33. The highest BCUT2D eigenvalue weighted by Gasteiger charge is 2.34. The van der Waals surface area contributed by atoms with E-state index in [4.69, 9.17) is 5.73 Å². The van der Waals surface area contributed by atoms with Gasteiger partial charge in [0.15, 0.2) is 11.6 Å². The number of nitrogen functional groups attached to an aromatic ring is 1. The molecule has 1 atom stereocenters. The number of aromatic nitrogens is 1. The number of hydrogen-bond acceptors (Lipinski definition) is 5. The van der Waals surface area contributed by atoms with Gasteiger partial charge in [-0.25, -0.2) is 13.6 Å². The second kappa shape index (κ2) is 6.73. The summed E-state index contributed by atoms with van der Waals surface area (Å²) < 4.78 is 32.1. The third-order valence-electron chi connectivity index (χ3n) is 5.53. The smallest absolute Gasteiger partial charge is 0.341 e. The van der Waals surface area contributed by atoms with E-state index in [1.165, 1.54) is 4.57 Å². The van der Waals surface area contributed by atoms with Crippen LogP contribution in [0.1, 0.15) is 42.6 Å². The van der Waals surface area contributed by atoms with Gasteiger partial charge in [0.25, 0.3) is 0 Å². The highest BCUT2D eigenvalue weighted by molar-refractivity contribution is 5.99. The molecule has 2 heterocycles. The number of halogens is 2. The second-order valence-corrected chi connectivity index (χ2v) is 7.42. The Morgan fingerprint density at radius 3 is 2.64 bits per heavy atom. The zero-order chi connectivity index (χ0) is 20.2. The molecule has 4 rings (SSSR count). The summed E-state index contributed by atoms with van der Waals surface area (Å²) in [6.07, 6.45) is 3.35. The van der Waals surface area contributed by atoms with Crippen LogP contribution in [0.5, 0.6) is 0 Å². The Morgan fingerprint density at radius 2 is 2.04 bits per heavy atom. The number of rotatable bonds is 5. The lowest BCUT2D eigenvalue weighted by atomic mass is 10.1. The van der Waals surface area contributed by atoms with Gasteiger partial charge in [-0.3, -0.25) is 4.79 Å². The summed E-state index contributed by atoms with van der Waals surface area (Å²) in [5.41, 5.74) is 3.56. The Bertz CT molecular complexity index is 1030. The summed E-state index contributed by atoms with van der Waals surface area (Å²) in [4.78, 5) is 25.7. The number of carbonyl (C=O) groups is 1. The molecular formula is C19H22F2N4O3. The van der Waals surface area contributed by atoms with Crippen LogP contribution in [-0.4, -0.2) is 41.3 Å². The molecule has 28 heavy (non-hydrogen) atoms. The maximum absolute atomic E-state index is 15.6. The number of carboxylic acids is 1. The maximum atomic E-state index is 15.6. The van der Waals surface area contributed by atoms with Crippen molar-refractivity contribution in [3.05, 3.63) is 33.6 Å². The molecule has 2 aliphatic rings. The normalized spacial score (nSPS) is 19.5. The molecule has 9 heteroatoms. The average Bonchev–Trinajstić information content (AvgIpc) is 3.39. The molecule has 1 unspecified atom stereocenters. The van der Waals surface area contributed by atoms with Crippen molar-refractivity contribution < 1.29 is 18.7 Å². The van der Waals surface area contributed by atoms with Crippen LogP contribution in [0, 0.1) is 11.6 Å². The van der Waals surface area contributed by atoms with Crippen molar-refractivity contribution in [2.45, 2.75) is 38.3 Å². The maximum Gasteiger partial charge on any atom is 0.341 e. The fourth-order valence-corrected chi connectivity index (χ4v) is 4.04. The standard InChI is InChI=1S/C19H22F2N4O3/c1-2-23-9-5-6-24(7-9)17-13(20)15(22)12-16(14(17)21)25(10-3-4-10)8-11(18(12)26)19(27)28/h8-10,23H,2-7,22H2,1H3,(H,27,28). The van der Waals surface area contributed by atoms with Crippen LogP contribution >= 0.6 is 0 Å². The fourth-order valence-electron chi connectivity index (χ4n) is 4.04.